The first-order valence-corrected chi connectivity index (χ1v) is 5.90. The third-order valence-electron chi connectivity index (χ3n) is 2.47. The van der Waals surface area contributed by atoms with Gasteiger partial charge in [-0.15, -0.1) is 0 Å². The summed E-state index contributed by atoms with van der Waals surface area (Å²) in [4.78, 5) is 11.7. The van der Waals surface area contributed by atoms with Gasteiger partial charge in [-0.05, 0) is 38.0 Å². The van der Waals surface area contributed by atoms with Crippen LogP contribution in [0.2, 0.25) is 0 Å². The SMILES string of the molecule is CCCCC(C)=NNC(=O)c1cc(O)ccc1O. The molecule has 0 fully saturated rings. The standard InChI is InChI=1S/C13H18N2O3/c1-3-4-5-9(2)14-15-13(18)11-8-10(16)6-7-12(11)17/h6-8,16-17H,3-5H2,1-2H3,(H,15,18). The van der Waals surface area contributed by atoms with E-state index in [0.29, 0.717) is 0 Å². The Kier molecular flexibility index (Phi) is 5.17. The zero-order valence-corrected chi connectivity index (χ0v) is 10.6. The van der Waals surface area contributed by atoms with Crippen LogP contribution in [-0.4, -0.2) is 21.8 Å². The van der Waals surface area contributed by atoms with Crippen molar-refractivity contribution in [1.29, 1.82) is 0 Å². The minimum absolute atomic E-state index is 0.00189. The topological polar surface area (TPSA) is 81.9 Å². The molecule has 0 unspecified atom stereocenters. The summed E-state index contributed by atoms with van der Waals surface area (Å²) in [6.07, 6.45) is 2.90. The molecular weight excluding hydrogens is 232 g/mol. The van der Waals surface area contributed by atoms with Gasteiger partial charge in [-0.3, -0.25) is 4.79 Å². The molecule has 3 N–H and O–H groups in total. The number of phenolic OH excluding ortho intramolecular Hbond substituents is 2. The van der Waals surface area contributed by atoms with Crippen LogP contribution in [0.15, 0.2) is 23.3 Å². The number of benzene rings is 1. The molecule has 1 aromatic rings. The van der Waals surface area contributed by atoms with E-state index in [-0.39, 0.29) is 17.1 Å². The molecule has 5 heteroatoms. The number of hydrogen-bond donors (Lipinski definition) is 3. The molecule has 0 aromatic heterocycles. The van der Waals surface area contributed by atoms with Crippen molar-refractivity contribution < 1.29 is 15.0 Å². The van der Waals surface area contributed by atoms with Crippen LogP contribution in [0.3, 0.4) is 0 Å². The number of hydrogen-bond acceptors (Lipinski definition) is 4. The quantitative estimate of drug-likeness (QED) is 0.426. The number of hydrazone groups is 1. The zero-order chi connectivity index (χ0) is 13.5. The van der Waals surface area contributed by atoms with Gasteiger partial charge in [-0.1, -0.05) is 13.3 Å². The van der Waals surface area contributed by atoms with Crippen molar-refractivity contribution in [3.8, 4) is 11.5 Å². The molecular formula is C13H18N2O3. The largest absolute Gasteiger partial charge is 0.508 e. The van der Waals surface area contributed by atoms with Crippen molar-refractivity contribution in [3.63, 3.8) is 0 Å². The average molecular weight is 250 g/mol. The van der Waals surface area contributed by atoms with Gasteiger partial charge in [0, 0.05) is 5.71 Å². The summed E-state index contributed by atoms with van der Waals surface area (Å²) in [7, 11) is 0. The maximum absolute atomic E-state index is 11.7. The lowest BCUT2D eigenvalue weighted by molar-refractivity contribution is 0.0951. The van der Waals surface area contributed by atoms with Crippen LogP contribution in [-0.2, 0) is 0 Å². The molecule has 0 aliphatic carbocycles. The average Bonchev–Trinajstić information content (AvgIpc) is 2.36. The number of rotatable bonds is 5. The fourth-order valence-electron chi connectivity index (χ4n) is 1.40. The Morgan fingerprint density at radius 3 is 2.78 bits per heavy atom. The Morgan fingerprint density at radius 1 is 1.39 bits per heavy atom. The normalized spacial score (nSPS) is 11.3. The van der Waals surface area contributed by atoms with E-state index in [1.165, 1.54) is 18.2 Å². The molecule has 0 aliphatic heterocycles. The van der Waals surface area contributed by atoms with Crippen molar-refractivity contribution in [2.24, 2.45) is 5.10 Å². The molecule has 1 rings (SSSR count). The Hall–Kier alpha value is -2.04. The summed E-state index contributed by atoms with van der Waals surface area (Å²) in [6.45, 7) is 3.91. The molecule has 1 amide bonds. The van der Waals surface area contributed by atoms with Gasteiger partial charge >= 0.3 is 0 Å². The summed E-state index contributed by atoms with van der Waals surface area (Å²) >= 11 is 0. The van der Waals surface area contributed by atoms with Gasteiger partial charge < -0.3 is 10.2 Å². The van der Waals surface area contributed by atoms with E-state index in [1.54, 1.807) is 0 Å². The van der Waals surface area contributed by atoms with Crippen LogP contribution < -0.4 is 5.43 Å². The van der Waals surface area contributed by atoms with Crippen molar-refractivity contribution >= 4 is 11.6 Å². The highest BCUT2D eigenvalue weighted by Crippen LogP contribution is 2.21. The van der Waals surface area contributed by atoms with Gasteiger partial charge in [0.15, 0.2) is 0 Å². The molecule has 0 bridgehead atoms. The highest BCUT2D eigenvalue weighted by molar-refractivity contribution is 5.97. The first-order valence-electron chi connectivity index (χ1n) is 5.90. The van der Waals surface area contributed by atoms with E-state index in [4.69, 9.17) is 0 Å². The maximum Gasteiger partial charge on any atom is 0.275 e. The predicted molar refractivity (Wildman–Crippen MR) is 69.9 cm³/mol. The highest BCUT2D eigenvalue weighted by Gasteiger charge is 2.11. The van der Waals surface area contributed by atoms with Crippen LogP contribution in [0.1, 0.15) is 43.5 Å². The molecule has 0 atom stereocenters. The first-order chi connectivity index (χ1) is 8.54. The molecule has 5 nitrogen and oxygen atoms in total. The third-order valence-corrected chi connectivity index (χ3v) is 2.47. The Balaban J connectivity index is 2.68. The molecule has 0 saturated carbocycles. The number of amides is 1. The third kappa shape index (κ3) is 4.08. The van der Waals surface area contributed by atoms with E-state index in [1.807, 2.05) is 6.92 Å². The predicted octanol–water partition coefficient (Wildman–Crippen LogP) is 2.39. The molecule has 0 heterocycles. The second-order valence-electron chi connectivity index (χ2n) is 4.09. The van der Waals surface area contributed by atoms with E-state index in [2.05, 4.69) is 17.5 Å². The number of carbonyl (C=O) groups is 1. The zero-order valence-electron chi connectivity index (χ0n) is 10.6. The second-order valence-corrected chi connectivity index (χ2v) is 4.09. The van der Waals surface area contributed by atoms with Crippen molar-refractivity contribution in [2.45, 2.75) is 33.1 Å². The van der Waals surface area contributed by atoms with Gasteiger partial charge in [-0.2, -0.15) is 5.10 Å². The Labute approximate surface area is 106 Å². The second kappa shape index (κ2) is 6.64. The fourth-order valence-corrected chi connectivity index (χ4v) is 1.40. The Bertz CT molecular complexity index is 456. The van der Waals surface area contributed by atoms with Crippen LogP contribution in [0.4, 0.5) is 0 Å². The van der Waals surface area contributed by atoms with Gasteiger partial charge in [0.1, 0.15) is 11.5 Å². The number of aromatic hydroxyl groups is 2. The van der Waals surface area contributed by atoms with Crippen LogP contribution in [0.25, 0.3) is 0 Å². The first kappa shape index (κ1) is 14.0. The van der Waals surface area contributed by atoms with Crippen molar-refractivity contribution in [1.82, 2.24) is 5.43 Å². The highest BCUT2D eigenvalue weighted by atomic mass is 16.3. The molecule has 98 valence electrons. The van der Waals surface area contributed by atoms with E-state index < -0.39 is 5.91 Å². The van der Waals surface area contributed by atoms with Crippen molar-refractivity contribution in [3.05, 3.63) is 23.8 Å². The molecule has 0 aliphatic rings. The van der Waals surface area contributed by atoms with Crippen LogP contribution in [0, 0.1) is 0 Å². The molecule has 1 aromatic carbocycles. The lowest BCUT2D eigenvalue weighted by Crippen LogP contribution is -2.19. The summed E-state index contributed by atoms with van der Waals surface area (Å²) in [5, 5.41) is 22.7. The maximum atomic E-state index is 11.7. The smallest absolute Gasteiger partial charge is 0.275 e. The summed E-state index contributed by atoms with van der Waals surface area (Å²) < 4.78 is 0. The molecule has 0 spiro atoms. The van der Waals surface area contributed by atoms with E-state index >= 15 is 0 Å². The molecule has 0 saturated heterocycles. The number of phenols is 2. The van der Waals surface area contributed by atoms with Crippen molar-refractivity contribution in [2.75, 3.05) is 0 Å². The van der Waals surface area contributed by atoms with E-state index in [9.17, 15) is 15.0 Å². The summed E-state index contributed by atoms with van der Waals surface area (Å²) in [5.41, 5.74) is 3.18. The lowest BCUT2D eigenvalue weighted by atomic mass is 10.2. The molecule has 18 heavy (non-hydrogen) atoms. The van der Waals surface area contributed by atoms with Gasteiger partial charge in [-0.25, -0.2) is 5.43 Å². The monoisotopic (exact) mass is 250 g/mol. The van der Waals surface area contributed by atoms with Gasteiger partial charge in [0.05, 0.1) is 5.56 Å². The van der Waals surface area contributed by atoms with E-state index in [0.717, 1.165) is 25.0 Å². The van der Waals surface area contributed by atoms with Crippen LogP contribution in [0.5, 0.6) is 11.5 Å². The number of unbranched alkanes of at least 4 members (excludes halogenated alkanes) is 1. The Morgan fingerprint density at radius 2 is 2.11 bits per heavy atom. The lowest BCUT2D eigenvalue weighted by Gasteiger charge is -2.04. The summed E-state index contributed by atoms with van der Waals surface area (Å²) in [5.74, 6) is -0.810. The number of nitrogens with one attached hydrogen (secondary N) is 1. The number of nitrogens with zero attached hydrogens (tertiary/aromatic N) is 1. The summed E-state index contributed by atoms with van der Waals surface area (Å²) in [6, 6.07) is 3.77. The minimum atomic E-state index is -0.542. The number of carbonyl (C=O) groups excluding carboxylic acids is 1. The minimum Gasteiger partial charge on any atom is -0.508 e. The fraction of sp³-hybridized carbons (Fsp3) is 0.385. The van der Waals surface area contributed by atoms with Gasteiger partial charge in [0.25, 0.3) is 5.91 Å². The van der Waals surface area contributed by atoms with Crippen LogP contribution >= 0.6 is 0 Å². The van der Waals surface area contributed by atoms with Gasteiger partial charge in [0.2, 0.25) is 0 Å². The molecule has 0 radical (unpaired) electrons.